The van der Waals surface area contributed by atoms with E-state index in [4.69, 9.17) is 9.94 Å². The van der Waals surface area contributed by atoms with E-state index in [0.29, 0.717) is 11.2 Å². The van der Waals surface area contributed by atoms with E-state index in [1.54, 1.807) is 30.5 Å². The number of hydrogen-bond acceptors (Lipinski definition) is 6. The number of carbonyl (C=O) groups excluding carboxylic acids is 1. The SMILES string of the molecule is CSc1ccc(Nc2c(C(=O)NOCCO)ccc3cn[nH]c23)c(F)c1. The number of carbonyl (C=O) groups is 1. The van der Waals surface area contributed by atoms with Gasteiger partial charge in [0.1, 0.15) is 5.82 Å². The second-order valence-corrected chi connectivity index (χ2v) is 6.18. The average molecular weight is 376 g/mol. The molecule has 0 atom stereocenters. The maximum atomic E-state index is 14.4. The number of hydrogen-bond donors (Lipinski definition) is 4. The summed E-state index contributed by atoms with van der Waals surface area (Å²) in [6, 6.07) is 8.13. The van der Waals surface area contributed by atoms with Crippen molar-refractivity contribution in [3.8, 4) is 0 Å². The Labute approximate surface area is 152 Å². The van der Waals surface area contributed by atoms with Gasteiger partial charge in [0, 0.05) is 10.3 Å². The van der Waals surface area contributed by atoms with Gasteiger partial charge in [-0.1, -0.05) is 6.07 Å². The highest BCUT2D eigenvalue weighted by Gasteiger charge is 2.17. The lowest BCUT2D eigenvalue weighted by Gasteiger charge is -2.14. The third-order valence-corrected chi connectivity index (χ3v) is 4.38. The smallest absolute Gasteiger partial charge is 0.277 e. The van der Waals surface area contributed by atoms with E-state index in [0.717, 1.165) is 10.3 Å². The Hall–Kier alpha value is -2.62. The van der Waals surface area contributed by atoms with Gasteiger partial charge in [-0.2, -0.15) is 5.10 Å². The molecule has 0 bridgehead atoms. The monoisotopic (exact) mass is 376 g/mol. The molecule has 0 aliphatic rings. The van der Waals surface area contributed by atoms with Crippen LogP contribution in [0.15, 0.2) is 41.4 Å². The summed E-state index contributed by atoms with van der Waals surface area (Å²) < 4.78 is 14.4. The first-order valence-corrected chi connectivity index (χ1v) is 8.96. The number of anilines is 2. The number of benzene rings is 2. The van der Waals surface area contributed by atoms with Crippen molar-refractivity contribution in [3.05, 3.63) is 47.9 Å². The maximum Gasteiger partial charge on any atom is 0.277 e. The molecule has 1 heterocycles. The molecule has 4 N–H and O–H groups in total. The predicted octanol–water partition coefficient (Wildman–Crippen LogP) is 2.82. The second kappa shape index (κ2) is 8.17. The molecule has 0 saturated heterocycles. The van der Waals surface area contributed by atoms with Crippen molar-refractivity contribution in [2.75, 3.05) is 24.8 Å². The summed E-state index contributed by atoms with van der Waals surface area (Å²) >= 11 is 1.44. The Bertz CT molecular complexity index is 932. The number of thioether (sulfide) groups is 1. The minimum atomic E-state index is -0.529. The molecule has 26 heavy (non-hydrogen) atoms. The fourth-order valence-corrected chi connectivity index (χ4v) is 2.83. The van der Waals surface area contributed by atoms with Crippen molar-refractivity contribution in [1.82, 2.24) is 15.7 Å². The second-order valence-electron chi connectivity index (χ2n) is 5.30. The molecule has 0 aliphatic carbocycles. The summed E-state index contributed by atoms with van der Waals surface area (Å²) in [5, 5.41) is 19.3. The number of hydroxylamine groups is 1. The highest BCUT2D eigenvalue weighted by molar-refractivity contribution is 7.98. The van der Waals surface area contributed by atoms with Gasteiger partial charge >= 0.3 is 0 Å². The molecule has 9 heteroatoms. The molecule has 136 valence electrons. The van der Waals surface area contributed by atoms with E-state index in [1.165, 1.54) is 17.8 Å². The zero-order valence-electron chi connectivity index (χ0n) is 13.9. The lowest BCUT2D eigenvalue weighted by atomic mass is 10.1. The summed E-state index contributed by atoms with van der Waals surface area (Å²) in [5.74, 6) is -0.963. The molecule has 0 aliphatic heterocycles. The molecule has 1 amide bonds. The van der Waals surface area contributed by atoms with Crippen LogP contribution in [0.25, 0.3) is 10.9 Å². The highest BCUT2D eigenvalue weighted by atomic mass is 32.2. The normalized spacial score (nSPS) is 10.9. The van der Waals surface area contributed by atoms with E-state index in [9.17, 15) is 9.18 Å². The van der Waals surface area contributed by atoms with Gasteiger partial charge < -0.3 is 10.4 Å². The molecule has 3 aromatic rings. The maximum absolute atomic E-state index is 14.4. The summed E-state index contributed by atoms with van der Waals surface area (Å²) in [6.07, 6.45) is 3.47. The predicted molar refractivity (Wildman–Crippen MR) is 98.1 cm³/mol. The van der Waals surface area contributed by atoms with Gasteiger partial charge in [0.25, 0.3) is 5.91 Å². The van der Waals surface area contributed by atoms with Crippen molar-refractivity contribution in [2.45, 2.75) is 4.90 Å². The number of fused-ring (bicyclic) bond motifs is 1. The third-order valence-electron chi connectivity index (χ3n) is 3.66. The Morgan fingerprint density at radius 3 is 2.96 bits per heavy atom. The van der Waals surface area contributed by atoms with Gasteiger partial charge in [0.2, 0.25) is 0 Å². The molecule has 0 unspecified atom stereocenters. The van der Waals surface area contributed by atoms with Crippen LogP contribution >= 0.6 is 11.8 Å². The van der Waals surface area contributed by atoms with Gasteiger partial charge in [0.05, 0.1) is 41.9 Å². The molecule has 3 rings (SSSR count). The molecule has 2 aromatic carbocycles. The molecular formula is C17H17FN4O3S. The standard InChI is InChI=1S/C17H17FN4O3S/c1-26-11-3-5-14(13(18)8-11)20-16-12(17(24)22-25-7-6-23)4-2-10-9-19-21-15(10)16/h2-5,8-9,20,23H,6-7H2,1H3,(H,19,21)(H,22,24). The number of H-pyrrole nitrogens is 1. The summed E-state index contributed by atoms with van der Waals surface area (Å²) in [6.45, 7) is -0.260. The number of amides is 1. The van der Waals surface area contributed by atoms with Crippen LogP contribution in [0.2, 0.25) is 0 Å². The van der Waals surface area contributed by atoms with Crippen molar-refractivity contribution in [1.29, 1.82) is 0 Å². The van der Waals surface area contributed by atoms with Crippen molar-refractivity contribution in [2.24, 2.45) is 0 Å². The minimum Gasteiger partial charge on any atom is -0.394 e. The molecule has 0 fully saturated rings. The quantitative estimate of drug-likeness (QED) is 0.288. The number of aliphatic hydroxyl groups excluding tert-OH is 1. The van der Waals surface area contributed by atoms with Crippen molar-refractivity contribution < 1.29 is 19.1 Å². The zero-order chi connectivity index (χ0) is 18.5. The highest BCUT2D eigenvalue weighted by Crippen LogP contribution is 2.31. The Morgan fingerprint density at radius 1 is 1.38 bits per heavy atom. The number of nitrogens with one attached hydrogen (secondary N) is 3. The van der Waals surface area contributed by atoms with Crippen LogP contribution in [-0.4, -0.2) is 40.7 Å². The molecule has 7 nitrogen and oxygen atoms in total. The summed E-state index contributed by atoms with van der Waals surface area (Å²) in [5.41, 5.74) is 3.66. The van der Waals surface area contributed by atoms with Gasteiger partial charge in [-0.3, -0.25) is 14.7 Å². The zero-order valence-corrected chi connectivity index (χ0v) is 14.7. The molecule has 0 saturated carbocycles. The van der Waals surface area contributed by atoms with E-state index >= 15 is 0 Å². The first-order valence-electron chi connectivity index (χ1n) is 7.73. The number of rotatable bonds is 7. The van der Waals surface area contributed by atoms with Crippen LogP contribution in [0, 0.1) is 5.82 Å². The van der Waals surface area contributed by atoms with Gasteiger partial charge in [-0.25, -0.2) is 9.87 Å². The van der Waals surface area contributed by atoms with Crippen LogP contribution in [0.4, 0.5) is 15.8 Å². The summed E-state index contributed by atoms with van der Waals surface area (Å²) in [4.78, 5) is 18.1. The van der Waals surface area contributed by atoms with Crippen LogP contribution < -0.4 is 10.8 Å². The molecule has 0 spiro atoms. The number of aliphatic hydroxyl groups is 1. The fraction of sp³-hybridized carbons (Fsp3) is 0.176. The van der Waals surface area contributed by atoms with Crippen LogP contribution in [-0.2, 0) is 4.84 Å². The van der Waals surface area contributed by atoms with Crippen molar-refractivity contribution >= 4 is 39.9 Å². The van der Waals surface area contributed by atoms with E-state index in [2.05, 4.69) is 21.0 Å². The lowest BCUT2D eigenvalue weighted by Crippen LogP contribution is -2.26. The number of nitrogens with zero attached hydrogens (tertiary/aromatic N) is 1. The van der Waals surface area contributed by atoms with Gasteiger partial charge in [-0.15, -0.1) is 11.8 Å². The van der Waals surface area contributed by atoms with Crippen molar-refractivity contribution in [3.63, 3.8) is 0 Å². The lowest BCUT2D eigenvalue weighted by molar-refractivity contribution is 0.0169. The summed E-state index contributed by atoms with van der Waals surface area (Å²) in [7, 11) is 0. The topological polar surface area (TPSA) is 99.3 Å². The number of halogens is 1. The first kappa shape index (κ1) is 18.2. The Kier molecular flexibility index (Phi) is 5.71. The number of aromatic amines is 1. The largest absolute Gasteiger partial charge is 0.394 e. The van der Waals surface area contributed by atoms with Crippen LogP contribution in [0.3, 0.4) is 0 Å². The fourth-order valence-electron chi connectivity index (χ4n) is 2.41. The van der Waals surface area contributed by atoms with E-state index < -0.39 is 11.7 Å². The van der Waals surface area contributed by atoms with Crippen LogP contribution in [0.1, 0.15) is 10.4 Å². The van der Waals surface area contributed by atoms with Gasteiger partial charge in [0.15, 0.2) is 0 Å². The van der Waals surface area contributed by atoms with E-state index in [1.807, 2.05) is 6.26 Å². The molecule has 0 radical (unpaired) electrons. The third kappa shape index (κ3) is 3.79. The average Bonchev–Trinajstić information content (AvgIpc) is 3.12. The minimum absolute atomic E-state index is 0.0361. The first-order chi connectivity index (χ1) is 12.6. The Morgan fingerprint density at radius 2 is 2.23 bits per heavy atom. The van der Waals surface area contributed by atoms with E-state index in [-0.39, 0.29) is 24.5 Å². The number of aromatic nitrogens is 2. The van der Waals surface area contributed by atoms with Gasteiger partial charge in [-0.05, 0) is 30.5 Å². The Balaban J connectivity index is 1.98. The molecular weight excluding hydrogens is 359 g/mol. The van der Waals surface area contributed by atoms with Crippen LogP contribution in [0.5, 0.6) is 0 Å². The molecule has 1 aromatic heterocycles.